The minimum atomic E-state index is -0.465. The number of benzene rings is 2. The first kappa shape index (κ1) is 16.9. The maximum absolute atomic E-state index is 11.2. The van der Waals surface area contributed by atoms with Crippen LogP contribution in [0.25, 0.3) is 0 Å². The SMILES string of the molecule is C#Cc1cccc(C#Cc2cc(OC(C)=O)ccc2OC(C)=O)c1. The van der Waals surface area contributed by atoms with Gasteiger partial charge in [0.2, 0.25) is 0 Å². The standard InChI is InChI=1S/C20H14O4/c1-4-16-6-5-7-17(12-16)8-9-18-13-19(23-14(2)21)10-11-20(18)24-15(3)22/h1,5-7,10-13H,2-3H3. The Bertz CT molecular complexity index is 892. The molecule has 0 aliphatic rings. The fourth-order valence-electron chi connectivity index (χ4n) is 1.91. The third-order valence-electron chi connectivity index (χ3n) is 2.84. The summed E-state index contributed by atoms with van der Waals surface area (Å²) in [4.78, 5) is 22.3. The van der Waals surface area contributed by atoms with Crippen LogP contribution in [0.1, 0.15) is 30.5 Å². The Labute approximate surface area is 140 Å². The molecule has 4 heteroatoms. The maximum Gasteiger partial charge on any atom is 0.308 e. The summed E-state index contributed by atoms with van der Waals surface area (Å²) in [6.07, 6.45) is 5.37. The highest BCUT2D eigenvalue weighted by atomic mass is 16.5. The Morgan fingerprint density at radius 1 is 0.917 bits per heavy atom. The van der Waals surface area contributed by atoms with Gasteiger partial charge in [0.25, 0.3) is 0 Å². The molecule has 0 unspecified atom stereocenters. The molecule has 2 aromatic rings. The first-order chi connectivity index (χ1) is 11.5. The summed E-state index contributed by atoms with van der Waals surface area (Å²) in [5, 5.41) is 0. The largest absolute Gasteiger partial charge is 0.427 e. The van der Waals surface area contributed by atoms with E-state index in [1.807, 2.05) is 12.1 Å². The molecule has 2 aromatic carbocycles. The summed E-state index contributed by atoms with van der Waals surface area (Å²) in [7, 11) is 0. The predicted molar refractivity (Wildman–Crippen MR) is 89.4 cm³/mol. The van der Waals surface area contributed by atoms with Crippen LogP contribution >= 0.6 is 0 Å². The average Bonchev–Trinajstić information content (AvgIpc) is 2.54. The Balaban J connectivity index is 2.42. The van der Waals surface area contributed by atoms with Crippen LogP contribution < -0.4 is 9.47 Å². The lowest BCUT2D eigenvalue weighted by molar-refractivity contribution is -0.133. The van der Waals surface area contributed by atoms with Gasteiger partial charge in [-0.25, -0.2) is 0 Å². The second-order valence-corrected chi connectivity index (χ2v) is 4.82. The van der Waals surface area contributed by atoms with Crippen LogP contribution in [0.2, 0.25) is 0 Å². The van der Waals surface area contributed by atoms with E-state index in [0.717, 1.165) is 11.1 Å². The van der Waals surface area contributed by atoms with Crippen molar-refractivity contribution in [2.75, 3.05) is 0 Å². The molecular formula is C20H14O4. The van der Waals surface area contributed by atoms with Gasteiger partial charge in [-0.05, 0) is 30.3 Å². The van der Waals surface area contributed by atoms with E-state index < -0.39 is 11.9 Å². The molecule has 0 spiro atoms. The van der Waals surface area contributed by atoms with Crippen molar-refractivity contribution < 1.29 is 19.1 Å². The van der Waals surface area contributed by atoms with Crippen molar-refractivity contribution in [1.82, 2.24) is 0 Å². The van der Waals surface area contributed by atoms with Crippen molar-refractivity contribution in [3.05, 3.63) is 59.2 Å². The zero-order valence-electron chi connectivity index (χ0n) is 13.3. The number of carbonyl (C=O) groups is 2. The second-order valence-electron chi connectivity index (χ2n) is 4.82. The smallest absolute Gasteiger partial charge is 0.308 e. The maximum atomic E-state index is 11.2. The fourth-order valence-corrected chi connectivity index (χ4v) is 1.91. The molecule has 0 radical (unpaired) electrons. The van der Waals surface area contributed by atoms with Gasteiger partial charge in [-0.2, -0.15) is 0 Å². The lowest BCUT2D eigenvalue weighted by Crippen LogP contribution is -2.05. The van der Waals surface area contributed by atoms with Gasteiger partial charge >= 0.3 is 11.9 Å². The topological polar surface area (TPSA) is 52.6 Å². The molecule has 0 bridgehead atoms. The summed E-state index contributed by atoms with van der Waals surface area (Å²) in [6.45, 7) is 2.60. The van der Waals surface area contributed by atoms with E-state index in [4.69, 9.17) is 15.9 Å². The van der Waals surface area contributed by atoms with Crippen LogP contribution in [-0.2, 0) is 9.59 Å². The highest BCUT2D eigenvalue weighted by molar-refractivity contribution is 5.72. The van der Waals surface area contributed by atoms with Gasteiger partial charge in [-0.1, -0.05) is 23.8 Å². The Hall–Kier alpha value is -3.50. The van der Waals surface area contributed by atoms with E-state index in [1.165, 1.54) is 32.0 Å². The van der Waals surface area contributed by atoms with Gasteiger partial charge in [0.05, 0.1) is 5.56 Å². The van der Waals surface area contributed by atoms with Crippen molar-refractivity contribution >= 4 is 11.9 Å². The monoisotopic (exact) mass is 318 g/mol. The van der Waals surface area contributed by atoms with Gasteiger partial charge < -0.3 is 9.47 Å². The normalized spacial score (nSPS) is 9.21. The minimum Gasteiger partial charge on any atom is -0.427 e. The number of rotatable bonds is 2. The zero-order chi connectivity index (χ0) is 17.5. The van der Waals surface area contributed by atoms with Crippen LogP contribution in [-0.4, -0.2) is 11.9 Å². The van der Waals surface area contributed by atoms with Crippen molar-refractivity contribution in [3.8, 4) is 35.7 Å². The van der Waals surface area contributed by atoms with Crippen LogP contribution in [0, 0.1) is 24.2 Å². The molecule has 0 N–H and O–H groups in total. The molecule has 0 saturated heterocycles. The van der Waals surface area contributed by atoms with E-state index in [1.54, 1.807) is 12.1 Å². The van der Waals surface area contributed by atoms with Crippen molar-refractivity contribution in [2.24, 2.45) is 0 Å². The van der Waals surface area contributed by atoms with Crippen molar-refractivity contribution in [1.29, 1.82) is 0 Å². The van der Waals surface area contributed by atoms with Crippen LogP contribution in [0.3, 0.4) is 0 Å². The van der Waals surface area contributed by atoms with Gasteiger partial charge in [-0.3, -0.25) is 9.59 Å². The lowest BCUT2D eigenvalue weighted by atomic mass is 10.1. The van der Waals surface area contributed by atoms with Crippen molar-refractivity contribution in [3.63, 3.8) is 0 Å². The molecule has 0 atom stereocenters. The fraction of sp³-hybridized carbons (Fsp3) is 0.100. The number of hydrogen-bond donors (Lipinski definition) is 0. The molecule has 2 rings (SSSR count). The van der Waals surface area contributed by atoms with Gasteiger partial charge in [0, 0.05) is 31.0 Å². The van der Waals surface area contributed by atoms with Crippen LogP contribution in [0.4, 0.5) is 0 Å². The number of terminal acetylenes is 1. The summed E-state index contributed by atoms with van der Waals surface area (Å²) in [5.74, 6) is 8.10. The third kappa shape index (κ3) is 4.76. The number of hydrogen-bond acceptors (Lipinski definition) is 4. The molecule has 0 aliphatic carbocycles. The molecule has 118 valence electrons. The van der Waals surface area contributed by atoms with Gasteiger partial charge in [0.15, 0.2) is 0 Å². The molecule has 0 aliphatic heterocycles. The quantitative estimate of drug-likeness (QED) is 0.485. The van der Waals surface area contributed by atoms with Gasteiger partial charge in [-0.15, -0.1) is 6.42 Å². The average molecular weight is 318 g/mol. The molecule has 0 heterocycles. The molecule has 0 saturated carbocycles. The van der Waals surface area contributed by atoms with Gasteiger partial charge in [0.1, 0.15) is 11.5 Å². The Morgan fingerprint density at radius 3 is 2.29 bits per heavy atom. The molecule has 24 heavy (non-hydrogen) atoms. The molecule has 4 nitrogen and oxygen atoms in total. The number of ether oxygens (including phenoxy) is 2. The van der Waals surface area contributed by atoms with E-state index in [0.29, 0.717) is 17.1 Å². The summed E-state index contributed by atoms with van der Waals surface area (Å²) in [6, 6.07) is 11.8. The van der Waals surface area contributed by atoms with E-state index >= 15 is 0 Å². The first-order valence-electron chi connectivity index (χ1n) is 7.07. The van der Waals surface area contributed by atoms with E-state index in [9.17, 15) is 9.59 Å². The summed E-state index contributed by atoms with van der Waals surface area (Å²) in [5.41, 5.74) is 1.86. The van der Waals surface area contributed by atoms with Crippen LogP contribution in [0.15, 0.2) is 42.5 Å². The molecule has 0 amide bonds. The Morgan fingerprint density at radius 2 is 1.62 bits per heavy atom. The highest BCUT2D eigenvalue weighted by Crippen LogP contribution is 2.24. The molecular weight excluding hydrogens is 304 g/mol. The minimum absolute atomic E-state index is 0.291. The first-order valence-corrected chi connectivity index (χ1v) is 7.07. The third-order valence-corrected chi connectivity index (χ3v) is 2.84. The summed E-state index contributed by atoms with van der Waals surface area (Å²) < 4.78 is 10.2. The second kappa shape index (κ2) is 7.67. The number of esters is 2. The lowest BCUT2D eigenvalue weighted by Gasteiger charge is -2.07. The highest BCUT2D eigenvalue weighted by Gasteiger charge is 2.08. The molecule has 0 fully saturated rings. The number of carbonyl (C=O) groups excluding carboxylic acids is 2. The van der Waals surface area contributed by atoms with E-state index in [2.05, 4.69) is 17.8 Å². The van der Waals surface area contributed by atoms with E-state index in [-0.39, 0.29) is 0 Å². The predicted octanol–water partition coefficient (Wildman–Crippen LogP) is 2.92. The summed E-state index contributed by atoms with van der Waals surface area (Å²) >= 11 is 0. The zero-order valence-corrected chi connectivity index (χ0v) is 13.3. The van der Waals surface area contributed by atoms with Crippen molar-refractivity contribution in [2.45, 2.75) is 13.8 Å². The van der Waals surface area contributed by atoms with Crippen LogP contribution in [0.5, 0.6) is 11.5 Å². The molecule has 0 aromatic heterocycles. The Kier molecular flexibility index (Phi) is 5.39.